The number of methoxy groups -OCH3 is 1. The molecule has 2 aromatic carbocycles. The van der Waals surface area contributed by atoms with E-state index >= 15 is 0 Å². The Morgan fingerprint density at radius 2 is 1.90 bits per heavy atom. The first kappa shape index (κ1) is 14.5. The number of hydrogen-bond acceptors (Lipinski definition) is 3. The lowest BCUT2D eigenvalue weighted by molar-refractivity contribution is -0.146. The monoisotopic (exact) mass is 324 g/mol. The molecule has 1 atom stereocenters. The zero-order valence-corrected chi connectivity index (χ0v) is 12.9. The molecule has 0 saturated heterocycles. The van der Waals surface area contributed by atoms with Crippen LogP contribution in [0.3, 0.4) is 0 Å². The average Bonchev–Trinajstić information content (AvgIpc) is 3.13. The minimum atomic E-state index is -0.934. The first-order valence-electron chi connectivity index (χ1n) is 6.61. The van der Waals surface area contributed by atoms with Crippen molar-refractivity contribution >= 4 is 39.9 Å². The first-order chi connectivity index (χ1) is 9.99. The Morgan fingerprint density at radius 1 is 1.24 bits per heavy atom. The summed E-state index contributed by atoms with van der Waals surface area (Å²) in [6.45, 7) is 0.223. The van der Waals surface area contributed by atoms with Gasteiger partial charge in [-0.25, -0.2) is 0 Å². The van der Waals surface area contributed by atoms with Crippen molar-refractivity contribution in [3.05, 3.63) is 42.0 Å². The lowest BCUT2D eigenvalue weighted by Gasteiger charge is -2.07. The number of fused-ring (bicyclic) bond motifs is 1. The summed E-state index contributed by atoms with van der Waals surface area (Å²) in [5, 5.41) is 2.15. The Labute approximate surface area is 132 Å². The van der Waals surface area contributed by atoms with E-state index < -0.39 is 10.3 Å². The Morgan fingerprint density at radius 3 is 2.57 bits per heavy atom. The summed E-state index contributed by atoms with van der Waals surface area (Å²) in [5.41, 5.74) is 0.927. The van der Waals surface area contributed by atoms with Crippen molar-refractivity contribution in [2.24, 2.45) is 5.92 Å². The standard InChI is InChI=1S/C16H14Cl2O3/c1-20-13-5-4-11-6-10(2-3-12(11)7-13)9-21-15(19)14-8-16(14,17)18/h2-7,14H,8-9H2,1H3. The molecule has 1 saturated carbocycles. The van der Waals surface area contributed by atoms with Gasteiger partial charge in [0.2, 0.25) is 0 Å². The second kappa shape index (κ2) is 5.39. The number of ether oxygens (including phenoxy) is 2. The van der Waals surface area contributed by atoms with Crippen molar-refractivity contribution in [3.63, 3.8) is 0 Å². The van der Waals surface area contributed by atoms with E-state index in [1.807, 2.05) is 36.4 Å². The van der Waals surface area contributed by atoms with Crippen LogP contribution in [0.5, 0.6) is 5.75 Å². The van der Waals surface area contributed by atoms with Gasteiger partial charge in [-0.15, -0.1) is 23.2 Å². The number of alkyl halides is 2. The molecule has 0 aromatic heterocycles. The topological polar surface area (TPSA) is 35.5 Å². The van der Waals surface area contributed by atoms with Gasteiger partial charge in [-0.3, -0.25) is 4.79 Å². The van der Waals surface area contributed by atoms with E-state index in [9.17, 15) is 4.79 Å². The van der Waals surface area contributed by atoms with Crippen LogP contribution in [0.1, 0.15) is 12.0 Å². The van der Waals surface area contributed by atoms with E-state index in [1.165, 1.54) is 0 Å². The molecule has 3 nitrogen and oxygen atoms in total. The van der Waals surface area contributed by atoms with E-state index in [4.69, 9.17) is 32.7 Å². The van der Waals surface area contributed by atoms with E-state index in [0.717, 1.165) is 22.1 Å². The Hall–Kier alpha value is -1.45. The minimum Gasteiger partial charge on any atom is -0.497 e. The van der Waals surface area contributed by atoms with Gasteiger partial charge in [-0.05, 0) is 41.0 Å². The molecular weight excluding hydrogens is 311 g/mol. The van der Waals surface area contributed by atoms with Crippen LogP contribution in [-0.2, 0) is 16.1 Å². The van der Waals surface area contributed by atoms with Crippen molar-refractivity contribution in [2.75, 3.05) is 7.11 Å². The molecule has 3 rings (SSSR count). The number of benzene rings is 2. The molecule has 5 heteroatoms. The molecule has 0 amide bonds. The second-order valence-electron chi connectivity index (χ2n) is 5.17. The van der Waals surface area contributed by atoms with Crippen molar-refractivity contribution in [2.45, 2.75) is 17.4 Å². The number of esters is 1. The molecule has 0 bridgehead atoms. The molecule has 1 aliphatic rings. The van der Waals surface area contributed by atoms with Gasteiger partial charge in [0, 0.05) is 0 Å². The maximum atomic E-state index is 11.7. The molecule has 2 aromatic rings. The van der Waals surface area contributed by atoms with Crippen molar-refractivity contribution in [3.8, 4) is 5.75 Å². The first-order valence-corrected chi connectivity index (χ1v) is 7.36. The third-order valence-electron chi connectivity index (χ3n) is 3.60. The van der Waals surface area contributed by atoms with Crippen LogP contribution in [0.2, 0.25) is 0 Å². The Bertz CT molecular complexity index is 697. The molecule has 1 aliphatic carbocycles. The summed E-state index contributed by atoms with van der Waals surface area (Å²) in [5.74, 6) is 0.0800. The van der Waals surface area contributed by atoms with Gasteiger partial charge in [0.25, 0.3) is 0 Å². The molecule has 1 unspecified atom stereocenters. The van der Waals surface area contributed by atoms with E-state index in [1.54, 1.807) is 7.11 Å². The fraction of sp³-hybridized carbons (Fsp3) is 0.312. The largest absolute Gasteiger partial charge is 0.497 e. The average molecular weight is 325 g/mol. The summed E-state index contributed by atoms with van der Waals surface area (Å²) < 4.78 is 9.51. The molecule has 1 fully saturated rings. The van der Waals surface area contributed by atoms with Gasteiger partial charge in [0.05, 0.1) is 13.0 Å². The van der Waals surface area contributed by atoms with Gasteiger partial charge in [0.15, 0.2) is 0 Å². The SMILES string of the molecule is COc1ccc2cc(COC(=O)C3CC3(Cl)Cl)ccc2c1. The van der Waals surface area contributed by atoms with Crippen LogP contribution in [0.25, 0.3) is 10.8 Å². The maximum absolute atomic E-state index is 11.7. The van der Waals surface area contributed by atoms with Gasteiger partial charge in [0.1, 0.15) is 16.7 Å². The van der Waals surface area contributed by atoms with Gasteiger partial charge in [-0.2, -0.15) is 0 Å². The van der Waals surface area contributed by atoms with Crippen LogP contribution in [0.15, 0.2) is 36.4 Å². The van der Waals surface area contributed by atoms with Crippen molar-refractivity contribution in [1.82, 2.24) is 0 Å². The van der Waals surface area contributed by atoms with E-state index in [2.05, 4.69) is 0 Å². The fourth-order valence-corrected chi connectivity index (χ4v) is 2.70. The summed E-state index contributed by atoms with van der Waals surface area (Å²) in [6.07, 6.45) is 0.465. The number of rotatable bonds is 4. The van der Waals surface area contributed by atoms with Gasteiger partial charge < -0.3 is 9.47 Å². The number of halogens is 2. The summed E-state index contributed by atoms with van der Waals surface area (Å²) in [7, 11) is 1.64. The lowest BCUT2D eigenvalue weighted by Crippen LogP contribution is -2.10. The quantitative estimate of drug-likeness (QED) is 0.627. The highest BCUT2D eigenvalue weighted by atomic mass is 35.5. The minimum absolute atomic E-state index is 0.223. The van der Waals surface area contributed by atoms with Crippen LogP contribution < -0.4 is 4.74 Å². The Kier molecular flexibility index (Phi) is 3.72. The highest BCUT2D eigenvalue weighted by Gasteiger charge is 2.57. The predicted molar refractivity (Wildman–Crippen MR) is 82.8 cm³/mol. The zero-order valence-electron chi connectivity index (χ0n) is 11.4. The molecule has 21 heavy (non-hydrogen) atoms. The number of hydrogen-bond donors (Lipinski definition) is 0. The number of carbonyl (C=O) groups excluding carboxylic acids is 1. The van der Waals surface area contributed by atoms with E-state index in [-0.39, 0.29) is 12.6 Å². The molecule has 110 valence electrons. The molecular formula is C16H14Cl2O3. The van der Waals surface area contributed by atoms with Crippen LogP contribution in [-0.4, -0.2) is 17.4 Å². The Balaban J connectivity index is 1.69. The molecule has 0 spiro atoms. The molecule has 0 N–H and O–H groups in total. The van der Waals surface area contributed by atoms with Crippen LogP contribution in [0.4, 0.5) is 0 Å². The van der Waals surface area contributed by atoms with Gasteiger partial charge in [-0.1, -0.05) is 18.2 Å². The highest BCUT2D eigenvalue weighted by Crippen LogP contribution is 2.53. The second-order valence-corrected chi connectivity index (χ2v) is 6.72. The smallest absolute Gasteiger partial charge is 0.312 e. The summed E-state index contributed by atoms with van der Waals surface area (Å²) in [6, 6.07) is 11.7. The third-order valence-corrected chi connectivity index (χ3v) is 4.44. The van der Waals surface area contributed by atoms with Crippen LogP contribution >= 0.6 is 23.2 Å². The van der Waals surface area contributed by atoms with Crippen LogP contribution in [0, 0.1) is 5.92 Å². The van der Waals surface area contributed by atoms with E-state index in [0.29, 0.717) is 6.42 Å². The summed E-state index contributed by atoms with van der Waals surface area (Å²) >= 11 is 11.7. The fourth-order valence-electron chi connectivity index (χ4n) is 2.21. The van der Waals surface area contributed by atoms with Crippen molar-refractivity contribution in [1.29, 1.82) is 0 Å². The van der Waals surface area contributed by atoms with Gasteiger partial charge >= 0.3 is 5.97 Å². The lowest BCUT2D eigenvalue weighted by atomic mass is 10.1. The molecule has 0 radical (unpaired) electrons. The van der Waals surface area contributed by atoms with Crippen molar-refractivity contribution < 1.29 is 14.3 Å². The zero-order chi connectivity index (χ0) is 15.0. The molecule has 0 heterocycles. The third kappa shape index (κ3) is 3.09. The number of carbonyl (C=O) groups is 1. The molecule has 0 aliphatic heterocycles. The normalized spacial score (nSPS) is 19.3. The maximum Gasteiger partial charge on any atom is 0.312 e. The predicted octanol–water partition coefficient (Wildman–Crippen LogP) is 4.09. The summed E-state index contributed by atoms with van der Waals surface area (Å²) in [4.78, 5) is 11.7. The highest BCUT2D eigenvalue weighted by molar-refractivity contribution is 6.52.